The van der Waals surface area contributed by atoms with Crippen LogP contribution in [0.25, 0.3) is 0 Å². The van der Waals surface area contributed by atoms with Gasteiger partial charge in [-0.2, -0.15) is 5.10 Å². The zero-order valence-electron chi connectivity index (χ0n) is 18.1. The Bertz CT molecular complexity index is 918. The molecule has 0 spiro atoms. The lowest BCUT2D eigenvalue weighted by molar-refractivity contribution is 0.0168. The summed E-state index contributed by atoms with van der Waals surface area (Å²) in [5, 5.41) is 7.82. The molecule has 3 heterocycles. The van der Waals surface area contributed by atoms with Gasteiger partial charge in [0.15, 0.2) is 0 Å². The average Bonchev–Trinajstić information content (AvgIpc) is 3.07. The summed E-state index contributed by atoms with van der Waals surface area (Å²) < 4.78 is 12.3. The Labute approximate surface area is 176 Å². The quantitative estimate of drug-likeness (QED) is 0.760. The summed E-state index contributed by atoms with van der Waals surface area (Å²) >= 11 is 0. The van der Waals surface area contributed by atoms with E-state index in [-0.39, 0.29) is 12.1 Å². The second kappa shape index (κ2) is 8.73. The fourth-order valence-corrected chi connectivity index (χ4v) is 3.44. The fourth-order valence-electron chi connectivity index (χ4n) is 3.44. The van der Waals surface area contributed by atoms with Gasteiger partial charge in [-0.25, -0.2) is 14.3 Å². The van der Waals surface area contributed by atoms with Crippen LogP contribution in [0.4, 0.5) is 16.3 Å². The van der Waals surface area contributed by atoms with Crippen molar-refractivity contribution in [3.05, 3.63) is 35.8 Å². The molecule has 2 aromatic rings. The lowest BCUT2D eigenvalue weighted by atomic mass is 10.1. The lowest BCUT2D eigenvalue weighted by Gasteiger charge is -2.34. The summed E-state index contributed by atoms with van der Waals surface area (Å²) in [6.45, 7) is 8.67. The van der Waals surface area contributed by atoms with Crippen LogP contribution in [0, 0.1) is 6.92 Å². The predicted octanol–water partition coefficient (Wildman–Crippen LogP) is 3.69. The molecule has 0 aliphatic carbocycles. The van der Waals surface area contributed by atoms with Crippen molar-refractivity contribution in [2.24, 2.45) is 0 Å². The molecule has 1 amide bonds. The molecule has 1 unspecified atom stereocenters. The summed E-state index contributed by atoms with van der Waals surface area (Å²) in [5.41, 5.74) is 1.31. The van der Waals surface area contributed by atoms with Gasteiger partial charge in [0.1, 0.15) is 11.4 Å². The van der Waals surface area contributed by atoms with E-state index in [9.17, 15) is 9.59 Å². The van der Waals surface area contributed by atoms with Crippen LogP contribution in [0.2, 0.25) is 0 Å². The third-order valence-corrected chi connectivity index (χ3v) is 4.85. The molecule has 1 saturated heterocycles. The van der Waals surface area contributed by atoms with E-state index < -0.39 is 11.6 Å². The van der Waals surface area contributed by atoms with E-state index >= 15 is 0 Å². The van der Waals surface area contributed by atoms with Crippen LogP contribution in [0.5, 0.6) is 0 Å². The number of nitrogens with one attached hydrogen (secondary N) is 1. The van der Waals surface area contributed by atoms with Crippen LogP contribution in [0.1, 0.15) is 55.6 Å². The van der Waals surface area contributed by atoms with Crippen molar-refractivity contribution in [3.8, 4) is 0 Å². The van der Waals surface area contributed by atoms with E-state index in [0.717, 1.165) is 24.2 Å². The summed E-state index contributed by atoms with van der Waals surface area (Å²) in [5.74, 6) is 0.307. The number of pyridine rings is 1. The Morgan fingerprint density at radius 3 is 2.73 bits per heavy atom. The van der Waals surface area contributed by atoms with Crippen LogP contribution >= 0.6 is 0 Å². The van der Waals surface area contributed by atoms with Gasteiger partial charge in [-0.3, -0.25) is 4.98 Å². The number of carbonyl (C=O) groups excluding carboxylic acids is 2. The maximum Gasteiger partial charge on any atom is 0.410 e. The highest BCUT2D eigenvalue weighted by atomic mass is 16.6. The molecule has 30 heavy (non-hydrogen) atoms. The van der Waals surface area contributed by atoms with Crippen LogP contribution in [-0.2, 0) is 9.47 Å². The van der Waals surface area contributed by atoms with Crippen LogP contribution < -0.4 is 5.32 Å². The normalized spacial score (nSPS) is 16.8. The number of nitrogens with zero attached hydrogens (tertiary/aromatic N) is 4. The number of carbonyl (C=O) groups is 2. The summed E-state index contributed by atoms with van der Waals surface area (Å²) in [7, 11) is 1.34. The molecule has 2 aromatic heterocycles. The molecule has 0 bridgehead atoms. The Morgan fingerprint density at radius 1 is 1.27 bits per heavy atom. The van der Waals surface area contributed by atoms with Crippen molar-refractivity contribution in [2.75, 3.05) is 25.5 Å². The van der Waals surface area contributed by atoms with E-state index in [1.165, 1.54) is 7.11 Å². The van der Waals surface area contributed by atoms with Gasteiger partial charge in [-0.15, -0.1) is 0 Å². The minimum absolute atomic E-state index is 0.0132. The summed E-state index contributed by atoms with van der Waals surface area (Å²) in [6.07, 6.45) is 6.31. The molecule has 1 atom stereocenters. The fraction of sp³-hybridized carbons (Fsp3) is 0.524. The Kier molecular flexibility index (Phi) is 6.28. The molecule has 3 rings (SSSR count). The van der Waals surface area contributed by atoms with Gasteiger partial charge in [0.25, 0.3) is 0 Å². The summed E-state index contributed by atoms with van der Waals surface area (Å²) in [6, 6.07) is 1.59. The van der Waals surface area contributed by atoms with Gasteiger partial charge in [0.05, 0.1) is 36.8 Å². The van der Waals surface area contributed by atoms with E-state index in [2.05, 4.69) is 15.4 Å². The molecule has 162 valence electrons. The number of aromatic nitrogens is 3. The number of hydrogen-bond acceptors (Lipinski definition) is 7. The first-order valence-electron chi connectivity index (χ1n) is 10.0. The Hall–Kier alpha value is -3.10. The number of methoxy groups -OCH3 is 1. The number of likely N-dealkylation sites (tertiary alicyclic amines) is 1. The smallest absolute Gasteiger partial charge is 0.410 e. The van der Waals surface area contributed by atoms with E-state index in [0.29, 0.717) is 24.3 Å². The minimum atomic E-state index is -0.538. The Morgan fingerprint density at radius 2 is 2.03 bits per heavy atom. The van der Waals surface area contributed by atoms with Crippen molar-refractivity contribution in [3.63, 3.8) is 0 Å². The first kappa shape index (κ1) is 21.6. The Balaban J connectivity index is 1.83. The van der Waals surface area contributed by atoms with Crippen molar-refractivity contribution >= 4 is 23.6 Å². The number of piperidine rings is 1. The van der Waals surface area contributed by atoms with Crippen molar-refractivity contribution < 1.29 is 19.1 Å². The van der Waals surface area contributed by atoms with Gasteiger partial charge in [-0.1, -0.05) is 0 Å². The van der Waals surface area contributed by atoms with Gasteiger partial charge >= 0.3 is 12.1 Å². The maximum absolute atomic E-state index is 12.5. The monoisotopic (exact) mass is 415 g/mol. The van der Waals surface area contributed by atoms with Crippen molar-refractivity contribution in [1.82, 2.24) is 19.7 Å². The zero-order chi connectivity index (χ0) is 21.9. The highest BCUT2D eigenvalue weighted by Crippen LogP contribution is 2.30. The van der Waals surface area contributed by atoms with Gasteiger partial charge < -0.3 is 19.7 Å². The number of rotatable bonds is 4. The van der Waals surface area contributed by atoms with E-state index in [1.54, 1.807) is 29.6 Å². The third kappa shape index (κ3) is 4.90. The largest absolute Gasteiger partial charge is 0.465 e. The van der Waals surface area contributed by atoms with E-state index in [1.807, 2.05) is 32.4 Å². The molecule has 0 aromatic carbocycles. The molecule has 1 aliphatic heterocycles. The van der Waals surface area contributed by atoms with Gasteiger partial charge in [0, 0.05) is 24.8 Å². The number of esters is 1. The highest BCUT2D eigenvalue weighted by molar-refractivity contribution is 5.96. The lowest BCUT2D eigenvalue weighted by Crippen LogP contribution is -2.43. The standard InChI is InChI=1S/C21H29N5O4/c1-14-11-23-26(15-7-6-10-25(13-15)20(28)30-21(2,3)4)18(14)24-17-12-22-9-8-16(17)19(27)29-5/h8-9,11-12,15,24H,6-7,10,13H2,1-5H3. The highest BCUT2D eigenvalue weighted by Gasteiger charge is 2.30. The second-order valence-electron chi connectivity index (χ2n) is 8.38. The molecular weight excluding hydrogens is 386 g/mol. The van der Waals surface area contributed by atoms with Gasteiger partial charge in [0.2, 0.25) is 0 Å². The molecule has 0 radical (unpaired) electrons. The SMILES string of the molecule is COC(=O)c1ccncc1Nc1c(C)cnn1C1CCCN(C(=O)OC(C)(C)C)C1. The van der Waals surface area contributed by atoms with Crippen molar-refractivity contribution in [1.29, 1.82) is 0 Å². The maximum atomic E-state index is 12.5. The number of hydrogen-bond donors (Lipinski definition) is 1. The predicted molar refractivity (Wildman–Crippen MR) is 112 cm³/mol. The topological polar surface area (TPSA) is 98.6 Å². The number of amides is 1. The molecule has 0 saturated carbocycles. The van der Waals surface area contributed by atoms with Crippen LogP contribution in [0.3, 0.4) is 0 Å². The molecular formula is C21H29N5O4. The third-order valence-electron chi connectivity index (χ3n) is 4.85. The van der Waals surface area contributed by atoms with E-state index in [4.69, 9.17) is 9.47 Å². The summed E-state index contributed by atoms with van der Waals surface area (Å²) in [4.78, 5) is 30.5. The molecule has 9 heteroatoms. The number of ether oxygens (including phenoxy) is 2. The minimum Gasteiger partial charge on any atom is -0.465 e. The molecule has 1 N–H and O–H groups in total. The molecule has 9 nitrogen and oxygen atoms in total. The molecule has 1 aliphatic rings. The van der Waals surface area contributed by atoms with Crippen LogP contribution in [-0.4, -0.2) is 57.5 Å². The van der Waals surface area contributed by atoms with Gasteiger partial charge in [-0.05, 0) is 46.6 Å². The first-order chi connectivity index (χ1) is 14.2. The second-order valence-corrected chi connectivity index (χ2v) is 8.38. The molecule has 1 fully saturated rings. The van der Waals surface area contributed by atoms with Crippen molar-refractivity contribution in [2.45, 2.75) is 52.2 Å². The zero-order valence-corrected chi connectivity index (χ0v) is 18.1. The first-order valence-corrected chi connectivity index (χ1v) is 10.0. The number of aryl methyl sites for hydroxylation is 1. The average molecular weight is 415 g/mol. The van der Waals surface area contributed by atoms with Crippen LogP contribution in [0.15, 0.2) is 24.7 Å². The number of anilines is 2.